The number of aromatic nitrogens is 2. The molecular weight excluding hydrogens is 383 g/mol. The quantitative estimate of drug-likeness (QED) is 0.738. The van der Waals surface area contributed by atoms with Gasteiger partial charge in [0, 0.05) is 18.3 Å². The number of ether oxygens (including phenoxy) is 1. The number of hydrogen-bond donors (Lipinski definition) is 0. The minimum Gasteiger partial charge on any atom is -0.496 e. The molecule has 0 amide bonds. The maximum Gasteiger partial charge on any atom is 0.331 e. The lowest BCUT2D eigenvalue weighted by atomic mass is 10.1. The van der Waals surface area contributed by atoms with Crippen molar-refractivity contribution in [2.75, 3.05) is 7.11 Å². The summed E-state index contributed by atoms with van der Waals surface area (Å²) in [5.74, 6) is 0.675. The average molecular weight is 400 g/mol. The van der Waals surface area contributed by atoms with E-state index < -0.39 is 0 Å². The highest BCUT2D eigenvalue weighted by Gasteiger charge is 2.12. The molecule has 2 aromatic rings. The van der Waals surface area contributed by atoms with Gasteiger partial charge in [0.05, 0.1) is 17.2 Å². The number of rotatable bonds is 4. The Kier molecular flexibility index (Phi) is 4.87. The third-order valence-corrected chi connectivity index (χ3v) is 4.04. The fourth-order valence-electron chi connectivity index (χ4n) is 2.19. The van der Waals surface area contributed by atoms with Gasteiger partial charge in [0.15, 0.2) is 0 Å². The molecule has 0 bridgehead atoms. The van der Waals surface area contributed by atoms with Crippen molar-refractivity contribution in [1.29, 1.82) is 0 Å². The van der Waals surface area contributed by atoms with Crippen molar-refractivity contribution < 1.29 is 4.74 Å². The van der Waals surface area contributed by atoms with Crippen LogP contribution in [-0.4, -0.2) is 16.2 Å². The van der Waals surface area contributed by atoms with E-state index in [1.54, 1.807) is 13.3 Å². The molecule has 0 atom stereocenters. The topological polar surface area (TPSA) is 53.2 Å². The molecule has 6 heteroatoms. The first-order valence-electron chi connectivity index (χ1n) is 6.61. The number of hydrogen-bond acceptors (Lipinski definition) is 3. The average Bonchev–Trinajstić information content (AvgIpc) is 2.47. The molecule has 0 saturated heterocycles. The van der Waals surface area contributed by atoms with Crippen LogP contribution in [-0.2, 0) is 13.1 Å². The van der Waals surface area contributed by atoms with Crippen LogP contribution in [0.3, 0.4) is 0 Å². The lowest BCUT2D eigenvalue weighted by Crippen LogP contribution is -2.41. The van der Waals surface area contributed by atoms with Crippen molar-refractivity contribution in [2.45, 2.75) is 26.9 Å². The van der Waals surface area contributed by atoms with E-state index in [0.717, 1.165) is 11.1 Å². The molecule has 0 saturated carbocycles. The second-order valence-electron chi connectivity index (χ2n) is 4.75. The van der Waals surface area contributed by atoms with Crippen molar-refractivity contribution >= 4 is 22.6 Å². The molecule has 0 spiro atoms. The van der Waals surface area contributed by atoms with Crippen LogP contribution in [0, 0.1) is 10.5 Å². The summed E-state index contributed by atoms with van der Waals surface area (Å²) in [6.07, 6.45) is 1.59. The molecule has 1 aromatic heterocycles. The van der Waals surface area contributed by atoms with Gasteiger partial charge in [0.25, 0.3) is 5.56 Å². The first-order chi connectivity index (χ1) is 9.97. The van der Waals surface area contributed by atoms with Gasteiger partial charge in [-0.05, 0) is 42.5 Å². The van der Waals surface area contributed by atoms with Crippen LogP contribution < -0.4 is 16.0 Å². The lowest BCUT2D eigenvalue weighted by Gasteiger charge is -2.13. The van der Waals surface area contributed by atoms with E-state index in [4.69, 9.17) is 4.74 Å². The van der Waals surface area contributed by atoms with Gasteiger partial charge in [-0.1, -0.05) is 17.7 Å². The monoisotopic (exact) mass is 400 g/mol. The second kappa shape index (κ2) is 6.46. The highest BCUT2D eigenvalue weighted by Crippen LogP contribution is 2.19. The molecule has 0 N–H and O–H groups in total. The molecule has 21 heavy (non-hydrogen) atoms. The van der Waals surface area contributed by atoms with Gasteiger partial charge in [0.2, 0.25) is 0 Å². The molecule has 0 fully saturated rings. The third kappa shape index (κ3) is 3.20. The summed E-state index contributed by atoms with van der Waals surface area (Å²) in [7, 11) is 1.58. The fraction of sp³-hybridized carbons (Fsp3) is 0.333. The number of aryl methyl sites for hydroxylation is 2. The van der Waals surface area contributed by atoms with Crippen LogP contribution in [0.25, 0.3) is 0 Å². The predicted molar refractivity (Wildman–Crippen MR) is 90.2 cm³/mol. The first-order valence-corrected chi connectivity index (χ1v) is 7.69. The normalized spacial score (nSPS) is 10.7. The van der Waals surface area contributed by atoms with Gasteiger partial charge in [-0.2, -0.15) is 0 Å². The number of halogens is 1. The Balaban J connectivity index is 2.59. The zero-order valence-corrected chi connectivity index (χ0v) is 14.4. The molecule has 1 heterocycles. The Morgan fingerprint density at radius 2 is 2.00 bits per heavy atom. The largest absolute Gasteiger partial charge is 0.496 e. The Morgan fingerprint density at radius 1 is 1.29 bits per heavy atom. The van der Waals surface area contributed by atoms with Crippen LogP contribution in [0.5, 0.6) is 5.75 Å². The Bertz CT molecular complexity index is 777. The Labute approximate surface area is 136 Å². The SMILES string of the molecule is CCn1cc(I)c(=O)n(Cc2cc(C)ccc2OC)c1=O. The standard InChI is InChI=1S/C15H17IN2O3/c1-4-17-9-12(16)14(19)18(15(17)20)8-11-7-10(2)5-6-13(11)21-3/h5-7,9H,4,8H2,1-3H3. The van der Waals surface area contributed by atoms with Crippen LogP contribution in [0.2, 0.25) is 0 Å². The van der Waals surface area contributed by atoms with Crippen LogP contribution in [0.15, 0.2) is 34.0 Å². The van der Waals surface area contributed by atoms with E-state index in [1.807, 2.05) is 54.6 Å². The van der Waals surface area contributed by atoms with Crippen molar-refractivity contribution in [3.63, 3.8) is 0 Å². The van der Waals surface area contributed by atoms with Gasteiger partial charge in [-0.3, -0.25) is 13.9 Å². The van der Waals surface area contributed by atoms with Crippen molar-refractivity contribution in [3.05, 3.63) is 59.9 Å². The maximum atomic E-state index is 12.3. The number of benzene rings is 1. The molecule has 0 aliphatic rings. The van der Waals surface area contributed by atoms with Crippen molar-refractivity contribution in [1.82, 2.24) is 9.13 Å². The molecule has 5 nitrogen and oxygen atoms in total. The molecule has 0 aliphatic heterocycles. The van der Waals surface area contributed by atoms with E-state index >= 15 is 0 Å². The first kappa shape index (κ1) is 15.8. The van der Waals surface area contributed by atoms with E-state index in [0.29, 0.717) is 15.9 Å². The van der Waals surface area contributed by atoms with Gasteiger partial charge >= 0.3 is 5.69 Å². The molecular formula is C15H17IN2O3. The van der Waals surface area contributed by atoms with Crippen LogP contribution in [0.4, 0.5) is 0 Å². The Morgan fingerprint density at radius 3 is 2.62 bits per heavy atom. The molecule has 0 aliphatic carbocycles. The smallest absolute Gasteiger partial charge is 0.331 e. The second-order valence-corrected chi connectivity index (χ2v) is 5.91. The predicted octanol–water partition coefficient (Wildman–Crippen LogP) is 2.00. The summed E-state index contributed by atoms with van der Waals surface area (Å²) in [5.41, 5.74) is 1.31. The number of methoxy groups -OCH3 is 1. The summed E-state index contributed by atoms with van der Waals surface area (Å²) in [4.78, 5) is 24.6. The van der Waals surface area contributed by atoms with E-state index in [-0.39, 0.29) is 17.8 Å². The van der Waals surface area contributed by atoms with Gasteiger partial charge in [-0.25, -0.2) is 4.79 Å². The maximum absolute atomic E-state index is 12.3. The lowest BCUT2D eigenvalue weighted by molar-refractivity contribution is 0.407. The summed E-state index contributed by atoms with van der Waals surface area (Å²) < 4.78 is 8.63. The van der Waals surface area contributed by atoms with Gasteiger partial charge in [-0.15, -0.1) is 0 Å². The van der Waals surface area contributed by atoms with Crippen molar-refractivity contribution in [3.8, 4) is 5.75 Å². The van der Waals surface area contributed by atoms with Crippen LogP contribution >= 0.6 is 22.6 Å². The Hall–Kier alpha value is -1.57. The highest BCUT2D eigenvalue weighted by molar-refractivity contribution is 14.1. The summed E-state index contributed by atoms with van der Waals surface area (Å²) in [6, 6.07) is 5.72. The minimum atomic E-state index is -0.300. The molecule has 112 valence electrons. The van der Waals surface area contributed by atoms with E-state index in [9.17, 15) is 9.59 Å². The van der Waals surface area contributed by atoms with Crippen LogP contribution in [0.1, 0.15) is 18.1 Å². The summed E-state index contributed by atoms with van der Waals surface area (Å²) >= 11 is 1.96. The molecule has 0 unspecified atom stereocenters. The number of nitrogens with zero attached hydrogens (tertiary/aromatic N) is 2. The van der Waals surface area contributed by atoms with Gasteiger partial charge in [0.1, 0.15) is 5.75 Å². The molecule has 2 rings (SSSR count). The van der Waals surface area contributed by atoms with Gasteiger partial charge < -0.3 is 4.74 Å². The fourth-order valence-corrected chi connectivity index (χ4v) is 2.81. The van der Waals surface area contributed by atoms with E-state index in [1.165, 1.54) is 9.13 Å². The summed E-state index contributed by atoms with van der Waals surface area (Å²) in [5, 5.41) is 0. The molecule has 1 aromatic carbocycles. The zero-order valence-electron chi connectivity index (χ0n) is 12.2. The minimum absolute atomic E-state index is 0.208. The van der Waals surface area contributed by atoms with Crippen molar-refractivity contribution in [2.24, 2.45) is 0 Å². The highest BCUT2D eigenvalue weighted by atomic mass is 127. The molecule has 0 radical (unpaired) electrons. The van der Waals surface area contributed by atoms with E-state index in [2.05, 4.69) is 0 Å². The summed E-state index contributed by atoms with van der Waals surface area (Å²) in [6.45, 7) is 4.57. The zero-order chi connectivity index (χ0) is 15.6. The third-order valence-electron chi connectivity index (χ3n) is 3.30.